The van der Waals surface area contributed by atoms with Gasteiger partial charge < -0.3 is 9.80 Å². The third-order valence-corrected chi connectivity index (χ3v) is 4.47. The summed E-state index contributed by atoms with van der Waals surface area (Å²) in [6.07, 6.45) is 4.17. The number of likely N-dealkylation sites (N-methyl/N-ethyl adjacent to an activating group) is 1. The molecule has 98 valence electrons. The van der Waals surface area contributed by atoms with Gasteiger partial charge in [-0.2, -0.15) is 0 Å². The van der Waals surface area contributed by atoms with Gasteiger partial charge in [-0.1, -0.05) is 11.6 Å². The molecular formula is C15H21ClN2. The third-order valence-electron chi connectivity index (χ3n) is 4.22. The molecule has 1 aromatic carbocycles. The Morgan fingerprint density at radius 3 is 2.61 bits per heavy atom. The molecule has 18 heavy (non-hydrogen) atoms. The minimum Gasteiger partial charge on any atom is -0.370 e. The zero-order valence-electron chi connectivity index (χ0n) is 11.0. The Balaban J connectivity index is 1.58. The maximum Gasteiger partial charge on any atom is 0.0407 e. The van der Waals surface area contributed by atoms with Crippen molar-refractivity contribution in [2.24, 2.45) is 5.92 Å². The van der Waals surface area contributed by atoms with Crippen LogP contribution in [0.3, 0.4) is 0 Å². The molecule has 0 aromatic heterocycles. The smallest absolute Gasteiger partial charge is 0.0407 e. The second-order valence-corrected chi connectivity index (χ2v) is 6.18. The van der Waals surface area contributed by atoms with E-state index in [4.69, 9.17) is 11.6 Å². The number of rotatable bonds is 4. The van der Waals surface area contributed by atoms with Gasteiger partial charge >= 0.3 is 0 Å². The Bertz CT molecular complexity index is 399. The van der Waals surface area contributed by atoms with Crippen LogP contribution in [0.5, 0.6) is 0 Å². The van der Waals surface area contributed by atoms with E-state index < -0.39 is 0 Å². The van der Waals surface area contributed by atoms with E-state index in [9.17, 15) is 0 Å². The lowest BCUT2D eigenvalue weighted by Gasteiger charge is -2.25. The summed E-state index contributed by atoms with van der Waals surface area (Å²) in [6, 6.07) is 8.95. The molecule has 0 bridgehead atoms. The number of hydrogen-bond acceptors (Lipinski definition) is 2. The molecule has 1 aliphatic heterocycles. The molecule has 1 heterocycles. The van der Waals surface area contributed by atoms with Crippen molar-refractivity contribution in [2.75, 3.05) is 31.6 Å². The third kappa shape index (κ3) is 2.81. The highest BCUT2D eigenvalue weighted by Gasteiger charge is 2.30. The van der Waals surface area contributed by atoms with Gasteiger partial charge in [0.25, 0.3) is 0 Å². The number of hydrogen-bond donors (Lipinski definition) is 0. The minimum atomic E-state index is 0.723. The van der Waals surface area contributed by atoms with Crippen LogP contribution in [-0.4, -0.2) is 37.6 Å². The van der Waals surface area contributed by atoms with Crippen molar-refractivity contribution in [1.29, 1.82) is 0 Å². The monoisotopic (exact) mass is 264 g/mol. The largest absolute Gasteiger partial charge is 0.370 e. The van der Waals surface area contributed by atoms with Crippen LogP contribution < -0.4 is 4.90 Å². The molecule has 0 N–H and O–H groups in total. The molecule has 2 aliphatic rings. The van der Waals surface area contributed by atoms with Crippen LogP contribution in [0.15, 0.2) is 24.3 Å². The maximum absolute atomic E-state index is 5.93. The van der Waals surface area contributed by atoms with Gasteiger partial charge in [-0.3, -0.25) is 0 Å². The lowest BCUT2D eigenvalue weighted by molar-refractivity contribution is 0.249. The second-order valence-electron chi connectivity index (χ2n) is 5.75. The molecule has 0 radical (unpaired) electrons. The van der Waals surface area contributed by atoms with E-state index in [1.807, 2.05) is 12.1 Å². The van der Waals surface area contributed by atoms with Crippen molar-refractivity contribution in [3.63, 3.8) is 0 Å². The summed E-state index contributed by atoms with van der Waals surface area (Å²) < 4.78 is 0. The first-order valence-corrected chi connectivity index (χ1v) is 7.31. The van der Waals surface area contributed by atoms with E-state index >= 15 is 0 Å². The van der Waals surface area contributed by atoms with Crippen LogP contribution in [-0.2, 0) is 0 Å². The first kappa shape index (κ1) is 12.3. The van der Waals surface area contributed by atoms with Crippen LogP contribution in [0.4, 0.5) is 5.69 Å². The Labute approximate surface area is 115 Å². The van der Waals surface area contributed by atoms with E-state index in [0.717, 1.165) is 23.5 Å². The average Bonchev–Trinajstić information content (AvgIpc) is 3.04. The molecule has 1 atom stereocenters. The fourth-order valence-corrected chi connectivity index (χ4v) is 2.97. The lowest BCUT2D eigenvalue weighted by Crippen LogP contribution is -2.35. The van der Waals surface area contributed by atoms with Crippen molar-refractivity contribution in [3.05, 3.63) is 29.3 Å². The molecule has 0 amide bonds. The minimum absolute atomic E-state index is 0.723. The standard InChI is InChI=1S/C15H21ClN2/c1-17(10-12-2-3-12)15-8-9-18(11-15)14-6-4-13(16)5-7-14/h4-7,12,15H,2-3,8-11H2,1H3/t15-/m1/s1. The quantitative estimate of drug-likeness (QED) is 0.824. The van der Waals surface area contributed by atoms with Crippen molar-refractivity contribution in [2.45, 2.75) is 25.3 Å². The fraction of sp³-hybridized carbons (Fsp3) is 0.600. The zero-order valence-corrected chi connectivity index (χ0v) is 11.7. The van der Waals surface area contributed by atoms with Gasteiger partial charge in [-0.15, -0.1) is 0 Å². The molecule has 0 spiro atoms. The van der Waals surface area contributed by atoms with Crippen molar-refractivity contribution in [3.8, 4) is 0 Å². The SMILES string of the molecule is CN(CC1CC1)[C@@H]1CCN(c2ccc(Cl)cc2)C1. The maximum atomic E-state index is 5.93. The van der Waals surface area contributed by atoms with Gasteiger partial charge in [0.15, 0.2) is 0 Å². The van der Waals surface area contributed by atoms with Crippen LogP contribution in [0, 0.1) is 5.92 Å². The molecule has 3 heteroatoms. The Kier molecular flexibility index (Phi) is 3.49. The van der Waals surface area contributed by atoms with Gasteiger partial charge in [-0.05, 0) is 56.5 Å². The Morgan fingerprint density at radius 1 is 1.22 bits per heavy atom. The Morgan fingerprint density at radius 2 is 1.94 bits per heavy atom. The van der Waals surface area contributed by atoms with E-state index in [2.05, 4.69) is 29.0 Å². The van der Waals surface area contributed by atoms with Gasteiger partial charge in [0, 0.05) is 36.4 Å². The van der Waals surface area contributed by atoms with Crippen LogP contribution >= 0.6 is 11.6 Å². The second kappa shape index (κ2) is 5.10. The van der Waals surface area contributed by atoms with E-state index in [0.29, 0.717) is 0 Å². The van der Waals surface area contributed by atoms with Crippen molar-refractivity contribution >= 4 is 17.3 Å². The first-order valence-electron chi connectivity index (χ1n) is 6.93. The topological polar surface area (TPSA) is 6.48 Å². The summed E-state index contributed by atoms with van der Waals surface area (Å²) in [7, 11) is 2.29. The highest BCUT2D eigenvalue weighted by Crippen LogP contribution is 2.31. The average molecular weight is 265 g/mol. The zero-order chi connectivity index (χ0) is 12.5. The normalized spacial score (nSPS) is 23.9. The van der Waals surface area contributed by atoms with E-state index in [1.165, 1.54) is 38.0 Å². The summed E-state index contributed by atoms with van der Waals surface area (Å²) in [5, 5.41) is 0.820. The van der Waals surface area contributed by atoms with Crippen LogP contribution in [0.2, 0.25) is 5.02 Å². The van der Waals surface area contributed by atoms with Crippen molar-refractivity contribution < 1.29 is 0 Å². The number of benzene rings is 1. The number of nitrogens with zero attached hydrogens (tertiary/aromatic N) is 2. The highest BCUT2D eigenvalue weighted by atomic mass is 35.5. The molecule has 1 saturated carbocycles. The summed E-state index contributed by atoms with van der Waals surface area (Å²) in [5.41, 5.74) is 1.31. The molecule has 1 aliphatic carbocycles. The van der Waals surface area contributed by atoms with Gasteiger partial charge in [0.2, 0.25) is 0 Å². The van der Waals surface area contributed by atoms with Crippen molar-refractivity contribution in [1.82, 2.24) is 4.90 Å². The number of anilines is 1. The van der Waals surface area contributed by atoms with Gasteiger partial charge in [0.05, 0.1) is 0 Å². The predicted molar refractivity (Wildman–Crippen MR) is 77.4 cm³/mol. The summed E-state index contributed by atoms with van der Waals surface area (Å²) in [5.74, 6) is 0.986. The van der Waals surface area contributed by atoms with E-state index in [-0.39, 0.29) is 0 Å². The predicted octanol–water partition coefficient (Wildman–Crippen LogP) is 3.26. The molecular weight excluding hydrogens is 244 g/mol. The molecule has 1 aromatic rings. The summed E-state index contributed by atoms with van der Waals surface area (Å²) >= 11 is 5.93. The highest BCUT2D eigenvalue weighted by molar-refractivity contribution is 6.30. The molecule has 0 unspecified atom stereocenters. The summed E-state index contributed by atoms with van der Waals surface area (Å²) in [6.45, 7) is 3.62. The lowest BCUT2D eigenvalue weighted by atomic mass is 10.2. The summed E-state index contributed by atoms with van der Waals surface area (Å²) in [4.78, 5) is 5.04. The van der Waals surface area contributed by atoms with Crippen LogP contribution in [0.1, 0.15) is 19.3 Å². The molecule has 2 fully saturated rings. The number of halogens is 1. The van der Waals surface area contributed by atoms with Gasteiger partial charge in [0.1, 0.15) is 0 Å². The fourth-order valence-electron chi connectivity index (χ4n) is 2.84. The molecule has 1 saturated heterocycles. The molecule has 2 nitrogen and oxygen atoms in total. The van der Waals surface area contributed by atoms with Gasteiger partial charge in [-0.25, -0.2) is 0 Å². The van der Waals surface area contributed by atoms with E-state index in [1.54, 1.807) is 0 Å². The van der Waals surface area contributed by atoms with Crippen LogP contribution in [0.25, 0.3) is 0 Å². The first-order chi connectivity index (χ1) is 8.72. The molecule has 3 rings (SSSR count). The Hall–Kier alpha value is -0.730.